The van der Waals surface area contributed by atoms with Crippen molar-refractivity contribution in [2.24, 2.45) is 0 Å². The molecule has 0 unspecified atom stereocenters. The molecule has 0 aliphatic carbocycles. The van der Waals surface area contributed by atoms with Crippen molar-refractivity contribution in [2.75, 3.05) is 0 Å². The Labute approximate surface area is 139 Å². The van der Waals surface area contributed by atoms with Crippen molar-refractivity contribution in [3.63, 3.8) is 0 Å². The molecule has 0 aliphatic rings. The first-order valence-electron chi connectivity index (χ1n) is 8.54. The van der Waals surface area contributed by atoms with E-state index < -0.39 is 11.6 Å². The summed E-state index contributed by atoms with van der Waals surface area (Å²) < 4.78 is 10.5. The molecule has 0 saturated carbocycles. The van der Waals surface area contributed by atoms with Crippen molar-refractivity contribution in [1.82, 2.24) is 10.1 Å². The highest BCUT2D eigenvalue weighted by atomic mass is 16.6. The van der Waals surface area contributed by atoms with E-state index in [1.165, 1.54) is 32.1 Å². The molecule has 0 spiro atoms. The predicted octanol–water partition coefficient (Wildman–Crippen LogP) is 4.41. The molecule has 0 atom stereocenters. The van der Waals surface area contributed by atoms with Gasteiger partial charge in [0, 0.05) is 18.4 Å². The maximum Gasteiger partial charge on any atom is 0.334 e. The molecule has 0 amide bonds. The third kappa shape index (κ3) is 8.53. The quantitative estimate of drug-likeness (QED) is 0.362. The van der Waals surface area contributed by atoms with Gasteiger partial charge in [-0.1, -0.05) is 50.8 Å². The second-order valence-corrected chi connectivity index (χ2v) is 6.90. The fraction of sp³-hybridized carbons (Fsp3) is 0.722. The zero-order valence-corrected chi connectivity index (χ0v) is 15.0. The third-order valence-electron chi connectivity index (χ3n) is 3.31. The van der Waals surface area contributed by atoms with Gasteiger partial charge in [0.2, 0.25) is 5.89 Å². The van der Waals surface area contributed by atoms with Crippen LogP contribution in [0.15, 0.2) is 16.7 Å². The number of hydrogen-bond acceptors (Lipinski definition) is 5. The highest BCUT2D eigenvalue weighted by Crippen LogP contribution is 2.13. The highest BCUT2D eigenvalue weighted by Gasteiger charge is 2.20. The van der Waals surface area contributed by atoms with Gasteiger partial charge in [0.25, 0.3) is 0 Å². The van der Waals surface area contributed by atoms with E-state index in [9.17, 15) is 4.79 Å². The van der Waals surface area contributed by atoms with Crippen molar-refractivity contribution in [2.45, 2.75) is 84.7 Å². The number of carbonyl (C=O) groups excluding carboxylic acids is 1. The van der Waals surface area contributed by atoms with E-state index in [2.05, 4.69) is 23.6 Å². The van der Waals surface area contributed by atoms with Gasteiger partial charge in [-0.2, -0.15) is 4.98 Å². The molecule has 1 aromatic rings. The first kappa shape index (κ1) is 19.4. The number of nitrogens with zero attached hydrogens (tertiary/aromatic N) is 2. The van der Waals surface area contributed by atoms with Crippen molar-refractivity contribution in [3.05, 3.63) is 23.9 Å². The van der Waals surface area contributed by atoms with Crippen molar-refractivity contribution < 1.29 is 14.1 Å². The van der Waals surface area contributed by atoms with Gasteiger partial charge in [0.05, 0.1) is 0 Å². The summed E-state index contributed by atoms with van der Waals surface area (Å²) >= 11 is 0. The molecule has 130 valence electrons. The molecule has 0 aliphatic heterocycles. The van der Waals surface area contributed by atoms with E-state index in [1.54, 1.807) is 0 Å². The zero-order chi connectivity index (χ0) is 17.3. The lowest BCUT2D eigenvalue weighted by atomic mass is 10.1. The standard InChI is InChI=1S/C18H30N2O3/c1-6-7-8-9-10-11-12-16-19-15(20-23-16)13-14(2)17(21)22-18(3,4)5/h2,6-13H2,1,3-5H3. The van der Waals surface area contributed by atoms with Crippen LogP contribution in [-0.4, -0.2) is 21.7 Å². The van der Waals surface area contributed by atoms with Crippen LogP contribution >= 0.6 is 0 Å². The third-order valence-corrected chi connectivity index (χ3v) is 3.31. The van der Waals surface area contributed by atoms with Gasteiger partial charge in [-0.3, -0.25) is 0 Å². The minimum Gasteiger partial charge on any atom is -0.457 e. The maximum atomic E-state index is 11.9. The van der Waals surface area contributed by atoms with Gasteiger partial charge >= 0.3 is 5.97 Å². The largest absolute Gasteiger partial charge is 0.457 e. The number of rotatable bonds is 10. The highest BCUT2D eigenvalue weighted by molar-refractivity contribution is 5.88. The minimum atomic E-state index is -0.528. The Morgan fingerprint density at radius 1 is 1.17 bits per heavy atom. The number of esters is 1. The summed E-state index contributed by atoms with van der Waals surface area (Å²) in [7, 11) is 0. The van der Waals surface area contributed by atoms with Crippen LogP contribution < -0.4 is 0 Å². The number of hydrogen-bond donors (Lipinski definition) is 0. The first-order valence-corrected chi connectivity index (χ1v) is 8.54. The van der Waals surface area contributed by atoms with Gasteiger partial charge in [-0.15, -0.1) is 0 Å². The molecule has 5 heteroatoms. The Balaban J connectivity index is 2.33. The van der Waals surface area contributed by atoms with Crippen LogP contribution in [-0.2, 0) is 22.4 Å². The molecular weight excluding hydrogens is 292 g/mol. The second-order valence-electron chi connectivity index (χ2n) is 6.90. The van der Waals surface area contributed by atoms with E-state index in [1.807, 2.05) is 20.8 Å². The van der Waals surface area contributed by atoms with Crippen LogP contribution in [0.5, 0.6) is 0 Å². The Bertz CT molecular complexity index is 501. The monoisotopic (exact) mass is 322 g/mol. The lowest BCUT2D eigenvalue weighted by Crippen LogP contribution is -2.25. The van der Waals surface area contributed by atoms with E-state index >= 15 is 0 Å². The molecule has 1 aromatic heterocycles. The number of carbonyl (C=O) groups is 1. The Kier molecular flexibility index (Phi) is 8.00. The maximum absolute atomic E-state index is 11.9. The minimum absolute atomic E-state index is 0.259. The summed E-state index contributed by atoms with van der Waals surface area (Å²) in [6.45, 7) is 11.4. The Morgan fingerprint density at radius 2 is 1.83 bits per heavy atom. The fourth-order valence-electron chi connectivity index (χ4n) is 2.13. The lowest BCUT2D eigenvalue weighted by molar-refractivity contribution is -0.149. The molecule has 0 radical (unpaired) electrons. The zero-order valence-electron chi connectivity index (χ0n) is 15.0. The smallest absolute Gasteiger partial charge is 0.334 e. The second kappa shape index (κ2) is 9.48. The number of aromatic nitrogens is 2. The molecule has 23 heavy (non-hydrogen) atoms. The topological polar surface area (TPSA) is 65.2 Å². The van der Waals surface area contributed by atoms with Gasteiger partial charge < -0.3 is 9.26 Å². The molecule has 0 aromatic carbocycles. The van der Waals surface area contributed by atoms with Crippen molar-refractivity contribution >= 4 is 5.97 Å². The van der Waals surface area contributed by atoms with E-state index in [-0.39, 0.29) is 6.42 Å². The van der Waals surface area contributed by atoms with E-state index in [0.717, 1.165) is 12.8 Å². The number of aryl methyl sites for hydroxylation is 1. The molecular formula is C18H30N2O3. The van der Waals surface area contributed by atoms with Crippen LogP contribution in [0.1, 0.15) is 77.9 Å². The number of ether oxygens (including phenoxy) is 1. The van der Waals surface area contributed by atoms with Crippen LogP contribution in [0.25, 0.3) is 0 Å². The van der Waals surface area contributed by atoms with Gasteiger partial charge in [0.1, 0.15) is 5.60 Å². The lowest BCUT2D eigenvalue weighted by Gasteiger charge is -2.19. The summed E-state index contributed by atoms with van der Waals surface area (Å²) in [5.41, 5.74) is -0.188. The summed E-state index contributed by atoms with van der Waals surface area (Å²) in [6.07, 6.45) is 8.39. The molecule has 5 nitrogen and oxygen atoms in total. The van der Waals surface area contributed by atoms with Gasteiger partial charge in [-0.05, 0) is 27.2 Å². The predicted molar refractivity (Wildman–Crippen MR) is 90.1 cm³/mol. The molecule has 1 heterocycles. The summed E-state index contributed by atoms with van der Waals surface area (Å²) in [5.74, 6) is 0.703. The Hall–Kier alpha value is -1.65. The van der Waals surface area contributed by atoms with Crippen LogP contribution in [0.2, 0.25) is 0 Å². The molecule has 0 N–H and O–H groups in total. The van der Waals surface area contributed by atoms with Crippen LogP contribution in [0, 0.1) is 0 Å². The normalized spacial score (nSPS) is 11.5. The fourth-order valence-corrected chi connectivity index (χ4v) is 2.13. The SMILES string of the molecule is C=C(Cc1noc(CCCCCCCC)n1)C(=O)OC(C)(C)C. The molecule has 0 saturated heterocycles. The average molecular weight is 322 g/mol. The first-order chi connectivity index (χ1) is 10.8. The summed E-state index contributed by atoms with van der Waals surface area (Å²) in [6, 6.07) is 0. The van der Waals surface area contributed by atoms with Crippen LogP contribution in [0.4, 0.5) is 0 Å². The molecule has 0 bridgehead atoms. The summed E-state index contributed by atoms with van der Waals surface area (Å²) in [5, 5.41) is 3.91. The molecule has 0 fully saturated rings. The van der Waals surface area contributed by atoms with E-state index in [0.29, 0.717) is 17.3 Å². The van der Waals surface area contributed by atoms with E-state index in [4.69, 9.17) is 9.26 Å². The van der Waals surface area contributed by atoms with Crippen molar-refractivity contribution in [1.29, 1.82) is 0 Å². The summed E-state index contributed by atoms with van der Waals surface area (Å²) in [4.78, 5) is 16.2. The Morgan fingerprint density at radius 3 is 2.48 bits per heavy atom. The average Bonchev–Trinajstić information content (AvgIpc) is 2.88. The van der Waals surface area contributed by atoms with Crippen LogP contribution in [0.3, 0.4) is 0 Å². The van der Waals surface area contributed by atoms with Gasteiger partial charge in [-0.25, -0.2) is 4.79 Å². The molecule has 1 rings (SSSR count). The van der Waals surface area contributed by atoms with Crippen molar-refractivity contribution in [3.8, 4) is 0 Å². The van der Waals surface area contributed by atoms with Gasteiger partial charge in [0.15, 0.2) is 5.82 Å². The number of unbranched alkanes of at least 4 members (excludes halogenated alkanes) is 5.